The van der Waals surface area contributed by atoms with Gasteiger partial charge in [-0.15, -0.1) is 11.6 Å². The second kappa shape index (κ2) is 6.01. The summed E-state index contributed by atoms with van der Waals surface area (Å²) >= 11 is 5.66. The standard InChI is InChI=1S/C10H14ClNO4S2/c1-17(13,14)7-6-12-18(15,16)10-5-3-2-4-9(10)8-11/h2-5,12H,6-8H2,1H3. The average Bonchev–Trinajstić information content (AvgIpc) is 2.27. The van der Waals surface area contributed by atoms with Crippen LogP contribution in [0.5, 0.6) is 0 Å². The lowest BCUT2D eigenvalue weighted by molar-refractivity contribution is 0.581. The number of sulfone groups is 1. The number of halogens is 1. The Kier molecular flexibility index (Phi) is 5.15. The van der Waals surface area contributed by atoms with E-state index in [-0.39, 0.29) is 23.1 Å². The number of alkyl halides is 1. The minimum absolute atomic E-state index is 0.0726. The van der Waals surface area contributed by atoms with Crippen molar-refractivity contribution in [1.82, 2.24) is 4.72 Å². The number of sulfonamides is 1. The van der Waals surface area contributed by atoms with Crippen LogP contribution in [0.3, 0.4) is 0 Å². The highest BCUT2D eigenvalue weighted by Crippen LogP contribution is 2.16. The number of hydrogen-bond acceptors (Lipinski definition) is 4. The van der Waals surface area contributed by atoms with Crippen molar-refractivity contribution in [3.8, 4) is 0 Å². The second-order valence-electron chi connectivity index (χ2n) is 3.77. The molecular weight excluding hydrogens is 298 g/mol. The molecule has 5 nitrogen and oxygen atoms in total. The molecule has 1 aromatic carbocycles. The predicted molar refractivity (Wildman–Crippen MR) is 70.9 cm³/mol. The Balaban J connectivity index is 2.87. The number of nitrogens with one attached hydrogen (secondary N) is 1. The van der Waals surface area contributed by atoms with E-state index in [4.69, 9.17) is 11.6 Å². The first kappa shape index (κ1) is 15.4. The second-order valence-corrected chi connectivity index (χ2v) is 8.03. The van der Waals surface area contributed by atoms with Crippen molar-refractivity contribution in [2.45, 2.75) is 10.8 Å². The molecule has 18 heavy (non-hydrogen) atoms. The molecule has 0 saturated carbocycles. The zero-order valence-electron chi connectivity index (χ0n) is 9.76. The molecule has 0 bridgehead atoms. The molecule has 0 heterocycles. The van der Waals surface area contributed by atoms with Gasteiger partial charge in [0.1, 0.15) is 9.84 Å². The molecule has 0 saturated heterocycles. The Morgan fingerprint density at radius 2 is 1.78 bits per heavy atom. The normalized spacial score (nSPS) is 12.6. The molecular formula is C10H14ClNO4S2. The predicted octanol–water partition coefficient (Wildman–Crippen LogP) is 0.748. The molecule has 1 aromatic rings. The lowest BCUT2D eigenvalue weighted by atomic mass is 10.2. The lowest BCUT2D eigenvalue weighted by Gasteiger charge is -2.09. The molecule has 0 fully saturated rings. The Morgan fingerprint density at radius 3 is 2.33 bits per heavy atom. The largest absolute Gasteiger partial charge is 0.240 e. The summed E-state index contributed by atoms with van der Waals surface area (Å²) < 4.78 is 47.9. The number of rotatable bonds is 6. The maximum Gasteiger partial charge on any atom is 0.240 e. The summed E-state index contributed by atoms with van der Waals surface area (Å²) in [6.07, 6.45) is 1.05. The molecule has 1 rings (SSSR count). The van der Waals surface area contributed by atoms with Crippen molar-refractivity contribution in [2.75, 3.05) is 18.6 Å². The van der Waals surface area contributed by atoms with E-state index >= 15 is 0 Å². The van der Waals surface area contributed by atoms with Gasteiger partial charge in [-0.05, 0) is 11.6 Å². The first-order chi connectivity index (χ1) is 8.26. The van der Waals surface area contributed by atoms with Gasteiger partial charge in [0.05, 0.1) is 10.6 Å². The molecule has 0 aliphatic rings. The third-order valence-corrected chi connectivity index (χ3v) is 4.97. The Hall–Kier alpha value is -0.630. The first-order valence-electron chi connectivity index (χ1n) is 5.07. The van der Waals surface area contributed by atoms with Gasteiger partial charge in [0.15, 0.2) is 0 Å². The van der Waals surface area contributed by atoms with E-state index in [0.717, 1.165) is 6.26 Å². The van der Waals surface area contributed by atoms with E-state index in [0.29, 0.717) is 5.56 Å². The Morgan fingerprint density at radius 1 is 1.17 bits per heavy atom. The zero-order valence-corrected chi connectivity index (χ0v) is 12.1. The smallest absolute Gasteiger partial charge is 0.229 e. The molecule has 0 radical (unpaired) electrons. The molecule has 0 aliphatic carbocycles. The molecule has 0 spiro atoms. The monoisotopic (exact) mass is 311 g/mol. The minimum Gasteiger partial charge on any atom is -0.229 e. The van der Waals surface area contributed by atoms with Gasteiger partial charge in [0, 0.05) is 18.7 Å². The van der Waals surface area contributed by atoms with Crippen molar-refractivity contribution in [2.24, 2.45) is 0 Å². The summed E-state index contributed by atoms with van der Waals surface area (Å²) in [5.74, 6) is -0.168. The van der Waals surface area contributed by atoms with E-state index in [9.17, 15) is 16.8 Å². The van der Waals surface area contributed by atoms with Gasteiger partial charge in [-0.2, -0.15) is 0 Å². The van der Waals surface area contributed by atoms with Crippen molar-refractivity contribution < 1.29 is 16.8 Å². The fraction of sp³-hybridized carbons (Fsp3) is 0.400. The zero-order chi connectivity index (χ0) is 13.8. The Labute approximate surface area is 112 Å². The van der Waals surface area contributed by atoms with E-state index < -0.39 is 19.9 Å². The van der Waals surface area contributed by atoms with Gasteiger partial charge in [-0.3, -0.25) is 0 Å². The molecule has 8 heteroatoms. The molecule has 0 aromatic heterocycles. The van der Waals surface area contributed by atoms with Crippen LogP contribution in [0.25, 0.3) is 0 Å². The van der Waals surface area contributed by atoms with Crippen LogP contribution < -0.4 is 4.72 Å². The van der Waals surface area contributed by atoms with Crippen molar-refractivity contribution in [3.05, 3.63) is 29.8 Å². The van der Waals surface area contributed by atoms with Gasteiger partial charge in [0.2, 0.25) is 10.0 Å². The van der Waals surface area contributed by atoms with Gasteiger partial charge in [-0.25, -0.2) is 21.6 Å². The highest BCUT2D eigenvalue weighted by molar-refractivity contribution is 7.91. The van der Waals surface area contributed by atoms with E-state index in [1.54, 1.807) is 18.2 Å². The number of hydrogen-bond donors (Lipinski definition) is 1. The molecule has 0 amide bonds. The highest BCUT2D eigenvalue weighted by atomic mass is 35.5. The van der Waals surface area contributed by atoms with Crippen LogP contribution in [0.15, 0.2) is 29.2 Å². The maximum atomic E-state index is 11.9. The van der Waals surface area contributed by atoms with E-state index in [1.807, 2.05) is 0 Å². The van der Waals surface area contributed by atoms with Crippen LogP contribution in [0.4, 0.5) is 0 Å². The SMILES string of the molecule is CS(=O)(=O)CCNS(=O)(=O)c1ccccc1CCl. The quantitative estimate of drug-likeness (QED) is 0.786. The fourth-order valence-corrected chi connectivity index (χ4v) is 3.50. The molecule has 0 atom stereocenters. The van der Waals surface area contributed by atoms with E-state index in [1.165, 1.54) is 6.07 Å². The van der Waals surface area contributed by atoms with Gasteiger partial charge < -0.3 is 0 Å². The molecule has 1 N–H and O–H groups in total. The molecule has 102 valence electrons. The van der Waals surface area contributed by atoms with Crippen molar-refractivity contribution >= 4 is 31.5 Å². The average molecular weight is 312 g/mol. The summed E-state index contributed by atoms with van der Waals surface area (Å²) in [5.41, 5.74) is 0.478. The summed E-state index contributed by atoms with van der Waals surface area (Å²) in [7, 11) is -6.92. The summed E-state index contributed by atoms with van der Waals surface area (Å²) in [6, 6.07) is 6.31. The minimum atomic E-state index is -3.72. The third-order valence-electron chi connectivity index (χ3n) is 2.17. The summed E-state index contributed by atoms with van der Waals surface area (Å²) in [5, 5.41) is 0. The molecule has 0 unspecified atom stereocenters. The van der Waals surface area contributed by atoms with Gasteiger partial charge >= 0.3 is 0 Å². The van der Waals surface area contributed by atoms with Crippen LogP contribution in [0.1, 0.15) is 5.56 Å². The Bertz CT molecular complexity index is 611. The summed E-state index contributed by atoms with van der Waals surface area (Å²) in [6.45, 7) is -0.155. The van der Waals surface area contributed by atoms with E-state index in [2.05, 4.69) is 4.72 Å². The first-order valence-corrected chi connectivity index (χ1v) is 9.15. The van der Waals surface area contributed by atoms with Crippen molar-refractivity contribution in [1.29, 1.82) is 0 Å². The van der Waals surface area contributed by atoms with Gasteiger partial charge in [-0.1, -0.05) is 18.2 Å². The molecule has 0 aliphatic heterocycles. The lowest BCUT2D eigenvalue weighted by Crippen LogP contribution is -2.29. The number of benzene rings is 1. The maximum absolute atomic E-state index is 11.9. The van der Waals surface area contributed by atoms with Crippen LogP contribution in [0.2, 0.25) is 0 Å². The van der Waals surface area contributed by atoms with Gasteiger partial charge in [0.25, 0.3) is 0 Å². The van der Waals surface area contributed by atoms with Crippen LogP contribution >= 0.6 is 11.6 Å². The summed E-state index contributed by atoms with van der Waals surface area (Å²) in [4.78, 5) is 0.0773. The topological polar surface area (TPSA) is 80.3 Å². The van der Waals surface area contributed by atoms with Crippen LogP contribution in [-0.2, 0) is 25.7 Å². The van der Waals surface area contributed by atoms with Crippen LogP contribution in [-0.4, -0.2) is 35.4 Å². The fourth-order valence-electron chi connectivity index (χ4n) is 1.32. The highest BCUT2D eigenvalue weighted by Gasteiger charge is 2.17. The van der Waals surface area contributed by atoms with Crippen LogP contribution in [0, 0.1) is 0 Å². The third kappa shape index (κ3) is 4.56. The van der Waals surface area contributed by atoms with Crippen molar-refractivity contribution in [3.63, 3.8) is 0 Å².